The van der Waals surface area contributed by atoms with Crippen molar-refractivity contribution >= 4 is 11.6 Å². The lowest BCUT2D eigenvalue weighted by Gasteiger charge is -2.14. The molecule has 0 radical (unpaired) electrons. The fraction of sp³-hybridized carbons (Fsp3) is 0.250. The van der Waals surface area contributed by atoms with Crippen molar-refractivity contribution < 1.29 is 9.13 Å². The summed E-state index contributed by atoms with van der Waals surface area (Å²) in [5.41, 5.74) is 1.20. The first-order chi connectivity index (χ1) is 9.63. The lowest BCUT2D eigenvalue weighted by Crippen LogP contribution is -2.14. The van der Waals surface area contributed by atoms with Gasteiger partial charge in [0.25, 0.3) is 0 Å². The fourth-order valence-corrected chi connectivity index (χ4v) is 2.17. The predicted molar refractivity (Wildman–Crippen MR) is 80.0 cm³/mol. The maximum absolute atomic E-state index is 13.3. The summed E-state index contributed by atoms with van der Waals surface area (Å²) in [6, 6.07) is 12.5. The Morgan fingerprint density at radius 2 is 1.80 bits per heavy atom. The van der Waals surface area contributed by atoms with Crippen molar-refractivity contribution in [2.75, 3.05) is 7.05 Å². The Labute approximate surface area is 123 Å². The summed E-state index contributed by atoms with van der Waals surface area (Å²) in [6.45, 7) is 2.13. The van der Waals surface area contributed by atoms with Crippen molar-refractivity contribution in [3.63, 3.8) is 0 Å². The maximum Gasteiger partial charge on any atom is 0.145 e. The number of nitrogens with one attached hydrogen (secondary N) is 1. The van der Waals surface area contributed by atoms with Gasteiger partial charge >= 0.3 is 0 Å². The van der Waals surface area contributed by atoms with Crippen LogP contribution in [0, 0.1) is 5.82 Å². The van der Waals surface area contributed by atoms with Gasteiger partial charge in [0.1, 0.15) is 17.3 Å². The van der Waals surface area contributed by atoms with Crippen LogP contribution < -0.4 is 10.1 Å². The molecule has 4 heteroatoms. The van der Waals surface area contributed by atoms with Crippen LogP contribution in [-0.4, -0.2) is 7.05 Å². The van der Waals surface area contributed by atoms with Gasteiger partial charge in [0, 0.05) is 12.1 Å². The Bertz CT molecular complexity index is 567. The van der Waals surface area contributed by atoms with E-state index in [2.05, 4.69) is 12.2 Å². The van der Waals surface area contributed by atoms with Crippen molar-refractivity contribution in [2.45, 2.75) is 19.4 Å². The zero-order valence-corrected chi connectivity index (χ0v) is 12.2. The molecular weight excluding hydrogens is 277 g/mol. The minimum absolute atomic E-state index is 0.0903. The molecule has 0 amide bonds. The number of ether oxygens (including phenoxy) is 1. The summed E-state index contributed by atoms with van der Waals surface area (Å²) in [7, 11) is 1.94. The lowest BCUT2D eigenvalue weighted by atomic mass is 10.0. The quantitative estimate of drug-likeness (QED) is 0.843. The van der Waals surface area contributed by atoms with Crippen LogP contribution in [0.4, 0.5) is 4.39 Å². The molecule has 1 N–H and O–H groups in total. The first-order valence-electron chi connectivity index (χ1n) is 6.54. The van der Waals surface area contributed by atoms with Crippen LogP contribution >= 0.6 is 11.6 Å². The van der Waals surface area contributed by atoms with E-state index >= 15 is 0 Å². The molecule has 1 unspecified atom stereocenters. The minimum Gasteiger partial charge on any atom is -0.457 e. The minimum atomic E-state index is -0.484. The Morgan fingerprint density at radius 1 is 1.15 bits per heavy atom. The van der Waals surface area contributed by atoms with E-state index in [1.165, 1.54) is 17.7 Å². The molecule has 2 aromatic rings. The zero-order valence-electron chi connectivity index (χ0n) is 11.5. The summed E-state index contributed by atoms with van der Waals surface area (Å²) in [5, 5.41) is 3.34. The summed E-state index contributed by atoms with van der Waals surface area (Å²) >= 11 is 5.63. The van der Waals surface area contributed by atoms with Gasteiger partial charge in [-0.25, -0.2) is 4.39 Å². The van der Waals surface area contributed by atoms with Gasteiger partial charge in [0.05, 0.1) is 5.02 Å². The molecule has 0 saturated heterocycles. The average molecular weight is 294 g/mol. The highest BCUT2D eigenvalue weighted by Gasteiger charge is 2.07. The van der Waals surface area contributed by atoms with E-state index in [0.29, 0.717) is 17.5 Å². The molecule has 106 valence electrons. The van der Waals surface area contributed by atoms with Crippen LogP contribution in [0.2, 0.25) is 5.02 Å². The van der Waals surface area contributed by atoms with E-state index in [9.17, 15) is 4.39 Å². The average Bonchev–Trinajstić information content (AvgIpc) is 2.46. The first kappa shape index (κ1) is 14.8. The topological polar surface area (TPSA) is 21.3 Å². The highest BCUT2D eigenvalue weighted by Crippen LogP contribution is 2.27. The lowest BCUT2D eigenvalue weighted by molar-refractivity contribution is 0.476. The second-order valence-corrected chi connectivity index (χ2v) is 4.90. The van der Waals surface area contributed by atoms with E-state index in [4.69, 9.17) is 16.3 Å². The van der Waals surface area contributed by atoms with Crippen LogP contribution in [0.5, 0.6) is 11.5 Å². The molecule has 2 aromatic carbocycles. The van der Waals surface area contributed by atoms with Gasteiger partial charge in [-0.1, -0.05) is 30.7 Å². The van der Waals surface area contributed by atoms with Gasteiger partial charge < -0.3 is 10.1 Å². The normalized spacial score (nSPS) is 12.2. The zero-order chi connectivity index (χ0) is 14.5. The van der Waals surface area contributed by atoms with Gasteiger partial charge in [-0.3, -0.25) is 0 Å². The molecular formula is C16H17ClFNO. The number of benzene rings is 2. The summed E-state index contributed by atoms with van der Waals surface area (Å²) in [6.07, 6.45) is 1.01. The van der Waals surface area contributed by atoms with Gasteiger partial charge in [-0.15, -0.1) is 0 Å². The molecule has 0 bridgehead atoms. The molecule has 0 fully saturated rings. The van der Waals surface area contributed by atoms with Crippen LogP contribution in [-0.2, 0) is 0 Å². The van der Waals surface area contributed by atoms with Gasteiger partial charge in [-0.2, -0.15) is 0 Å². The second kappa shape index (κ2) is 6.73. The smallest absolute Gasteiger partial charge is 0.145 e. The summed E-state index contributed by atoms with van der Waals surface area (Å²) in [4.78, 5) is 0. The molecule has 0 heterocycles. The Balaban J connectivity index is 2.12. The Morgan fingerprint density at radius 3 is 2.35 bits per heavy atom. The van der Waals surface area contributed by atoms with Crippen molar-refractivity contribution in [1.82, 2.24) is 5.32 Å². The van der Waals surface area contributed by atoms with Crippen molar-refractivity contribution in [2.24, 2.45) is 0 Å². The number of hydrogen-bond acceptors (Lipinski definition) is 2. The monoisotopic (exact) mass is 293 g/mol. The van der Waals surface area contributed by atoms with Gasteiger partial charge in [0.15, 0.2) is 0 Å². The van der Waals surface area contributed by atoms with Crippen LogP contribution in [0.25, 0.3) is 0 Å². The molecule has 0 aromatic heterocycles. The molecule has 0 aliphatic carbocycles. The predicted octanol–water partition coefficient (Wildman–Crippen LogP) is 4.94. The fourth-order valence-electron chi connectivity index (χ4n) is 2.05. The number of halogens is 2. The Hall–Kier alpha value is -1.58. The van der Waals surface area contributed by atoms with Crippen LogP contribution in [0.3, 0.4) is 0 Å². The standard InChI is InChI=1S/C16H17ClFNO/c1-3-16(19-2)11-4-6-12(7-5-11)20-13-8-9-14(17)15(18)10-13/h4-10,16,19H,3H2,1-2H3. The molecule has 0 saturated carbocycles. The number of rotatable bonds is 5. The largest absolute Gasteiger partial charge is 0.457 e. The van der Waals surface area contributed by atoms with Crippen LogP contribution in [0.15, 0.2) is 42.5 Å². The molecule has 0 aliphatic heterocycles. The third-order valence-electron chi connectivity index (χ3n) is 3.17. The van der Waals surface area contributed by atoms with Crippen molar-refractivity contribution in [1.29, 1.82) is 0 Å². The molecule has 20 heavy (non-hydrogen) atoms. The highest BCUT2D eigenvalue weighted by atomic mass is 35.5. The molecule has 2 nitrogen and oxygen atoms in total. The van der Waals surface area contributed by atoms with Crippen molar-refractivity contribution in [3.8, 4) is 11.5 Å². The molecule has 1 atom stereocenters. The highest BCUT2D eigenvalue weighted by molar-refractivity contribution is 6.30. The third-order valence-corrected chi connectivity index (χ3v) is 3.47. The van der Waals surface area contributed by atoms with Gasteiger partial charge in [-0.05, 0) is 43.3 Å². The SMILES string of the molecule is CCC(NC)c1ccc(Oc2ccc(Cl)c(F)c2)cc1. The van der Waals surface area contributed by atoms with E-state index in [-0.39, 0.29) is 5.02 Å². The van der Waals surface area contributed by atoms with E-state index in [1.807, 2.05) is 31.3 Å². The maximum atomic E-state index is 13.3. The van der Waals surface area contributed by atoms with E-state index in [0.717, 1.165) is 6.42 Å². The van der Waals surface area contributed by atoms with E-state index < -0.39 is 5.82 Å². The summed E-state index contributed by atoms with van der Waals surface area (Å²) < 4.78 is 18.9. The molecule has 0 aliphatic rings. The van der Waals surface area contributed by atoms with Crippen LogP contribution in [0.1, 0.15) is 24.9 Å². The third kappa shape index (κ3) is 3.50. The molecule has 2 rings (SSSR count). The molecule has 0 spiro atoms. The second-order valence-electron chi connectivity index (χ2n) is 4.50. The first-order valence-corrected chi connectivity index (χ1v) is 6.92. The number of hydrogen-bond donors (Lipinski definition) is 1. The van der Waals surface area contributed by atoms with Gasteiger partial charge in [0.2, 0.25) is 0 Å². The Kier molecular flexibility index (Phi) is 4.99. The summed E-state index contributed by atoms with van der Waals surface area (Å²) in [5.74, 6) is 0.615. The van der Waals surface area contributed by atoms with E-state index in [1.54, 1.807) is 6.07 Å². The van der Waals surface area contributed by atoms with Crippen molar-refractivity contribution in [3.05, 3.63) is 58.9 Å².